The normalized spacial score (nSPS) is 15.9. The Kier molecular flexibility index (Phi) is 4.45. The number of carbonyl (C=O) groups excluding carboxylic acids is 1. The van der Waals surface area contributed by atoms with Gasteiger partial charge in [-0.15, -0.1) is 0 Å². The van der Waals surface area contributed by atoms with E-state index in [1.54, 1.807) is 6.07 Å². The fraction of sp³-hybridized carbons (Fsp3) is 0.412. The summed E-state index contributed by atoms with van der Waals surface area (Å²) in [7, 11) is -2.98. The van der Waals surface area contributed by atoms with Gasteiger partial charge in [0.15, 0.2) is 0 Å². The highest BCUT2D eigenvalue weighted by atomic mass is 32.2. The van der Waals surface area contributed by atoms with Crippen LogP contribution < -0.4 is 10.6 Å². The zero-order chi connectivity index (χ0) is 17.2. The molecular weight excluding hydrogens is 326 g/mol. The van der Waals surface area contributed by atoms with Crippen molar-refractivity contribution in [1.82, 2.24) is 10.3 Å². The predicted octanol–water partition coefficient (Wildman–Crippen LogP) is 2.57. The molecule has 2 aromatic rings. The number of amides is 2. The quantitative estimate of drug-likeness (QED) is 0.840. The van der Waals surface area contributed by atoms with Crippen LogP contribution in [-0.4, -0.2) is 38.0 Å². The number of hydrogen-bond acceptors (Lipinski definition) is 4. The van der Waals surface area contributed by atoms with Crippen LogP contribution in [0, 0.1) is 5.41 Å². The number of urea groups is 1. The summed E-state index contributed by atoms with van der Waals surface area (Å²) >= 11 is 0. The molecule has 1 aromatic carbocycles. The molecule has 24 heavy (non-hydrogen) atoms. The summed E-state index contributed by atoms with van der Waals surface area (Å²) in [5, 5.41) is 6.50. The standard InChI is InChI=1S/C17H21N3O3S/c1-24(22,23)12-17(8-9-17)10-11-18-16(21)20-15-7-6-13-4-2-3-5-14(13)19-15/h2-7H,8-12H2,1H3,(H2,18,19,20,21). The third-order valence-corrected chi connectivity index (χ3v) is 5.44. The summed E-state index contributed by atoms with van der Waals surface area (Å²) in [5.74, 6) is 0.693. The monoisotopic (exact) mass is 347 g/mol. The van der Waals surface area contributed by atoms with Gasteiger partial charge in [-0.3, -0.25) is 5.32 Å². The average Bonchev–Trinajstić information content (AvgIpc) is 3.24. The van der Waals surface area contributed by atoms with Gasteiger partial charge in [-0.25, -0.2) is 18.2 Å². The Balaban J connectivity index is 1.50. The SMILES string of the molecule is CS(=O)(=O)CC1(CCNC(=O)Nc2ccc3ccccc3n2)CC1. The number of pyridine rings is 1. The van der Waals surface area contributed by atoms with Crippen LogP contribution in [0.1, 0.15) is 19.3 Å². The summed E-state index contributed by atoms with van der Waals surface area (Å²) < 4.78 is 22.8. The van der Waals surface area contributed by atoms with Crippen molar-refractivity contribution in [2.45, 2.75) is 19.3 Å². The van der Waals surface area contributed by atoms with Crippen LogP contribution in [0.2, 0.25) is 0 Å². The van der Waals surface area contributed by atoms with Gasteiger partial charge in [-0.2, -0.15) is 0 Å². The molecule has 1 saturated carbocycles. The van der Waals surface area contributed by atoms with Gasteiger partial charge in [0, 0.05) is 18.2 Å². The zero-order valence-corrected chi connectivity index (χ0v) is 14.4. The molecule has 1 aromatic heterocycles. The van der Waals surface area contributed by atoms with Crippen molar-refractivity contribution < 1.29 is 13.2 Å². The first-order valence-corrected chi connectivity index (χ1v) is 10.00. The molecule has 0 radical (unpaired) electrons. The fourth-order valence-corrected chi connectivity index (χ4v) is 4.48. The van der Waals surface area contributed by atoms with Crippen molar-refractivity contribution in [1.29, 1.82) is 0 Å². The molecule has 7 heteroatoms. The van der Waals surface area contributed by atoms with Crippen LogP contribution in [0.5, 0.6) is 0 Å². The summed E-state index contributed by atoms with van der Waals surface area (Å²) in [6.45, 7) is 0.453. The van der Waals surface area contributed by atoms with Crippen molar-refractivity contribution in [2.75, 3.05) is 23.9 Å². The largest absolute Gasteiger partial charge is 0.338 e. The molecule has 128 valence electrons. The van der Waals surface area contributed by atoms with E-state index >= 15 is 0 Å². The zero-order valence-electron chi connectivity index (χ0n) is 13.6. The van der Waals surface area contributed by atoms with Crippen LogP contribution in [0.3, 0.4) is 0 Å². The molecule has 1 aliphatic rings. The lowest BCUT2D eigenvalue weighted by Gasteiger charge is -2.14. The smallest absolute Gasteiger partial charge is 0.320 e. The van der Waals surface area contributed by atoms with E-state index in [4.69, 9.17) is 0 Å². The van der Waals surface area contributed by atoms with Crippen LogP contribution in [0.15, 0.2) is 36.4 Å². The average molecular weight is 347 g/mol. The molecule has 0 bridgehead atoms. The molecule has 2 N–H and O–H groups in total. The van der Waals surface area contributed by atoms with Gasteiger partial charge < -0.3 is 5.32 Å². The summed E-state index contributed by atoms with van der Waals surface area (Å²) in [5.41, 5.74) is 0.683. The number of aromatic nitrogens is 1. The van der Waals surface area contributed by atoms with Crippen molar-refractivity contribution in [2.24, 2.45) is 5.41 Å². The second-order valence-corrected chi connectivity index (χ2v) is 8.73. The van der Waals surface area contributed by atoms with Gasteiger partial charge in [0.05, 0.1) is 11.3 Å². The van der Waals surface area contributed by atoms with Gasteiger partial charge in [-0.1, -0.05) is 18.2 Å². The third kappa shape index (κ3) is 4.44. The van der Waals surface area contributed by atoms with Crippen molar-refractivity contribution in [3.63, 3.8) is 0 Å². The fourth-order valence-electron chi connectivity index (χ4n) is 2.94. The Morgan fingerprint density at radius 1 is 1.21 bits per heavy atom. The summed E-state index contributed by atoms with van der Waals surface area (Å²) in [6.07, 6.45) is 3.77. The molecule has 0 aliphatic heterocycles. The van der Waals surface area contributed by atoms with Gasteiger partial charge >= 0.3 is 6.03 Å². The highest BCUT2D eigenvalue weighted by molar-refractivity contribution is 7.90. The topological polar surface area (TPSA) is 88.2 Å². The van der Waals surface area contributed by atoms with Crippen LogP contribution >= 0.6 is 0 Å². The first-order chi connectivity index (χ1) is 11.4. The summed E-state index contributed by atoms with van der Waals surface area (Å²) in [4.78, 5) is 16.3. The number of benzene rings is 1. The van der Waals surface area contributed by atoms with Crippen molar-refractivity contribution in [3.8, 4) is 0 Å². The lowest BCUT2D eigenvalue weighted by atomic mass is 10.1. The predicted molar refractivity (Wildman–Crippen MR) is 94.8 cm³/mol. The van der Waals surface area contributed by atoms with Gasteiger partial charge in [0.1, 0.15) is 15.7 Å². The minimum atomic E-state index is -2.98. The first kappa shape index (κ1) is 16.7. The molecule has 0 saturated heterocycles. The number of nitrogens with zero attached hydrogens (tertiary/aromatic N) is 1. The maximum Gasteiger partial charge on any atom is 0.320 e. The Bertz CT molecular complexity index is 860. The number of carbonyl (C=O) groups is 1. The molecular formula is C17H21N3O3S. The molecule has 0 spiro atoms. The van der Waals surface area contributed by atoms with Crippen LogP contribution in [0.4, 0.5) is 10.6 Å². The van der Waals surface area contributed by atoms with E-state index in [2.05, 4.69) is 15.6 Å². The lowest BCUT2D eigenvalue weighted by molar-refractivity contribution is 0.251. The molecule has 1 heterocycles. The number of para-hydroxylation sites is 1. The highest BCUT2D eigenvalue weighted by Gasteiger charge is 2.44. The first-order valence-electron chi connectivity index (χ1n) is 7.94. The number of fused-ring (bicyclic) bond motifs is 1. The lowest BCUT2D eigenvalue weighted by Crippen LogP contribution is -2.32. The second kappa shape index (κ2) is 6.39. The van der Waals surface area contributed by atoms with Gasteiger partial charge in [-0.05, 0) is 42.9 Å². The number of anilines is 1. The van der Waals surface area contributed by atoms with E-state index < -0.39 is 9.84 Å². The number of hydrogen-bond donors (Lipinski definition) is 2. The molecule has 2 amide bonds. The van der Waals surface area contributed by atoms with Crippen LogP contribution in [-0.2, 0) is 9.84 Å². The molecule has 0 atom stereocenters. The molecule has 1 aliphatic carbocycles. The highest BCUT2D eigenvalue weighted by Crippen LogP contribution is 2.49. The number of sulfone groups is 1. The van der Waals surface area contributed by atoms with Crippen LogP contribution in [0.25, 0.3) is 10.9 Å². The van der Waals surface area contributed by atoms with E-state index in [0.29, 0.717) is 18.8 Å². The Labute approximate surface area is 141 Å². The van der Waals surface area contributed by atoms with E-state index in [0.717, 1.165) is 23.7 Å². The maximum atomic E-state index is 12.0. The van der Waals surface area contributed by atoms with Gasteiger partial charge in [0.25, 0.3) is 0 Å². The number of rotatable bonds is 6. The third-order valence-electron chi connectivity index (χ3n) is 4.31. The van der Waals surface area contributed by atoms with E-state index in [9.17, 15) is 13.2 Å². The molecule has 6 nitrogen and oxygen atoms in total. The Morgan fingerprint density at radius 2 is 1.96 bits per heavy atom. The second-order valence-electron chi connectivity index (χ2n) is 6.59. The number of nitrogens with one attached hydrogen (secondary N) is 2. The molecule has 3 rings (SSSR count). The minimum absolute atomic E-state index is 0.137. The van der Waals surface area contributed by atoms with Crippen molar-refractivity contribution >= 4 is 32.6 Å². The minimum Gasteiger partial charge on any atom is -0.338 e. The van der Waals surface area contributed by atoms with Crippen molar-refractivity contribution in [3.05, 3.63) is 36.4 Å². The Morgan fingerprint density at radius 3 is 2.67 bits per heavy atom. The molecule has 0 unspecified atom stereocenters. The molecule has 1 fully saturated rings. The summed E-state index contributed by atoms with van der Waals surface area (Å²) in [6, 6.07) is 11.0. The van der Waals surface area contributed by atoms with Gasteiger partial charge in [0.2, 0.25) is 0 Å². The Hall–Kier alpha value is -2.15. The van der Waals surface area contributed by atoms with E-state index in [-0.39, 0.29) is 17.2 Å². The maximum absolute atomic E-state index is 12.0. The van der Waals surface area contributed by atoms with E-state index in [1.165, 1.54) is 6.26 Å². The van der Waals surface area contributed by atoms with E-state index in [1.807, 2.05) is 30.3 Å².